The zero-order valence-corrected chi connectivity index (χ0v) is 16.8. The summed E-state index contributed by atoms with van der Waals surface area (Å²) in [6.07, 6.45) is 3.40. The van der Waals surface area contributed by atoms with Gasteiger partial charge in [-0.3, -0.25) is 9.69 Å². The van der Waals surface area contributed by atoms with E-state index in [-0.39, 0.29) is 12.4 Å². The van der Waals surface area contributed by atoms with Crippen molar-refractivity contribution in [1.29, 1.82) is 0 Å². The first-order valence-corrected chi connectivity index (χ1v) is 9.21. The van der Waals surface area contributed by atoms with Crippen molar-refractivity contribution in [3.05, 3.63) is 59.7 Å². The number of nitrogens with zero attached hydrogens (tertiary/aromatic N) is 1. The Labute approximate surface area is 167 Å². The largest absolute Gasteiger partial charge is 0.497 e. The van der Waals surface area contributed by atoms with Crippen LogP contribution in [0.3, 0.4) is 0 Å². The summed E-state index contributed by atoms with van der Waals surface area (Å²) < 4.78 is 11.3. The summed E-state index contributed by atoms with van der Waals surface area (Å²) >= 11 is 0. The molecule has 0 bridgehead atoms. The lowest BCUT2D eigenvalue weighted by Crippen LogP contribution is -2.26. The Morgan fingerprint density at radius 3 is 2.67 bits per heavy atom. The highest BCUT2D eigenvalue weighted by Gasteiger charge is 2.27. The summed E-state index contributed by atoms with van der Waals surface area (Å²) in [5.74, 6) is 2.17. The highest BCUT2D eigenvalue weighted by atomic mass is 35.5. The average Bonchev–Trinajstić information content (AvgIpc) is 2.98. The number of methoxy groups -OCH3 is 1. The first kappa shape index (κ1) is 21.3. The average molecular weight is 390 g/mol. The summed E-state index contributed by atoms with van der Waals surface area (Å²) in [6.45, 7) is 1.21. The van der Waals surface area contributed by atoms with Crippen molar-refractivity contribution in [2.75, 3.05) is 27.3 Å². The molecule has 0 N–H and O–H groups in total. The van der Waals surface area contributed by atoms with E-state index in [9.17, 15) is 4.79 Å². The second-order valence-electron chi connectivity index (χ2n) is 6.91. The van der Waals surface area contributed by atoms with E-state index in [0.29, 0.717) is 31.4 Å². The molecule has 146 valence electrons. The molecule has 1 aliphatic rings. The van der Waals surface area contributed by atoms with Crippen LogP contribution in [0.25, 0.3) is 0 Å². The molecule has 1 fully saturated rings. The Morgan fingerprint density at radius 1 is 1.11 bits per heavy atom. The molecule has 5 heteroatoms. The van der Waals surface area contributed by atoms with Crippen LogP contribution in [0.5, 0.6) is 11.5 Å². The van der Waals surface area contributed by atoms with Gasteiger partial charge in [0.1, 0.15) is 17.3 Å². The molecule has 1 atom stereocenters. The number of ether oxygens (including phenoxy) is 2. The second kappa shape index (κ2) is 10.3. The number of likely N-dealkylation sites (N-methyl/N-ethyl adjacent to an activating group) is 1. The first-order chi connectivity index (χ1) is 12.7. The fourth-order valence-corrected chi connectivity index (χ4v) is 3.48. The van der Waals surface area contributed by atoms with E-state index in [1.54, 1.807) is 7.11 Å². The number of aryl methyl sites for hydroxylation is 2. The predicted octanol–water partition coefficient (Wildman–Crippen LogP) is 3.94. The fraction of sp³-hybridized carbons (Fsp3) is 0.409. The van der Waals surface area contributed by atoms with Gasteiger partial charge in [-0.15, -0.1) is 12.4 Å². The van der Waals surface area contributed by atoms with Gasteiger partial charge in [-0.05, 0) is 55.6 Å². The minimum atomic E-state index is 0. The lowest BCUT2D eigenvalue weighted by atomic mass is 10.0. The maximum Gasteiger partial charge on any atom is 0.148 e. The third kappa shape index (κ3) is 5.98. The molecule has 1 heterocycles. The normalized spacial score (nSPS) is 16.8. The van der Waals surface area contributed by atoms with Crippen LogP contribution in [0.1, 0.15) is 24.0 Å². The third-order valence-electron chi connectivity index (χ3n) is 5.01. The molecule has 1 saturated heterocycles. The number of hydrogen-bond acceptors (Lipinski definition) is 4. The van der Waals surface area contributed by atoms with E-state index in [2.05, 4.69) is 29.2 Å². The van der Waals surface area contributed by atoms with Crippen LogP contribution in [0.4, 0.5) is 0 Å². The van der Waals surface area contributed by atoms with Crippen molar-refractivity contribution in [3.8, 4) is 11.5 Å². The van der Waals surface area contributed by atoms with Crippen molar-refractivity contribution in [2.24, 2.45) is 0 Å². The Hall–Kier alpha value is -2.04. The summed E-state index contributed by atoms with van der Waals surface area (Å²) in [7, 11) is 3.70. The van der Waals surface area contributed by atoms with E-state index in [4.69, 9.17) is 9.47 Å². The third-order valence-corrected chi connectivity index (χ3v) is 5.01. The molecule has 0 amide bonds. The van der Waals surface area contributed by atoms with Crippen molar-refractivity contribution < 1.29 is 14.3 Å². The van der Waals surface area contributed by atoms with Gasteiger partial charge in [0.2, 0.25) is 0 Å². The number of para-hydroxylation sites is 1. The first-order valence-electron chi connectivity index (χ1n) is 9.21. The molecule has 0 radical (unpaired) electrons. The van der Waals surface area contributed by atoms with Gasteiger partial charge in [-0.2, -0.15) is 0 Å². The van der Waals surface area contributed by atoms with Crippen molar-refractivity contribution in [3.63, 3.8) is 0 Å². The van der Waals surface area contributed by atoms with Gasteiger partial charge in [0, 0.05) is 12.5 Å². The van der Waals surface area contributed by atoms with Crippen LogP contribution in [-0.2, 0) is 17.6 Å². The number of rotatable bonds is 8. The van der Waals surface area contributed by atoms with E-state index >= 15 is 0 Å². The van der Waals surface area contributed by atoms with E-state index in [1.165, 1.54) is 11.1 Å². The zero-order valence-electron chi connectivity index (χ0n) is 16.0. The van der Waals surface area contributed by atoms with Gasteiger partial charge in [-0.25, -0.2) is 0 Å². The van der Waals surface area contributed by atoms with E-state index in [1.807, 2.05) is 31.3 Å². The van der Waals surface area contributed by atoms with Crippen LogP contribution in [0.2, 0.25) is 0 Å². The number of halogens is 1. The molecule has 0 saturated carbocycles. The second-order valence-corrected chi connectivity index (χ2v) is 6.91. The topological polar surface area (TPSA) is 38.8 Å². The summed E-state index contributed by atoms with van der Waals surface area (Å²) in [5.41, 5.74) is 2.47. The fourth-order valence-electron chi connectivity index (χ4n) is 3.48. The number of ketones is 1. The van der Waals surface area contributed by atoms with Crippen LogP contribution in [0, 0.1) is 0 Å². The van der Waals surface area contributed by atoms with Crippen LogP contribution < -0.4 is 9.47 Å². The molecule has 4 nitrogen and oxygen atoms in total. The number of carbonyl (C=O) groups excluding carboxylic acids is 1. The van der Waals surface area contributed by atoms with Gasteiger partial charge in [0.15, 0.2) is 0 Å². The Balaban J connectivity index is 0.00000261. The number of carbonyl (C=O) groups is 1. The van der Waals surface area contributed by atoms with E-state index < -0.39 is 0 Å². The smallest absolute Gasteiger partial charge is 0.148 e. The van der Waals surface area contributed by atoms with Gasteiger partial charge in [0.25, 0.3) is 0 Å². The zero-order chi connectivity index (χ0) is 18.4. The maximum absolute atomic E-state index is 11.5. The lowest BCUT2D eigenvalue weighted by molar-refractivity contribution is -0.116. The van der Waals surface area contributed by atoms with Gasteiger partial charge in [0.05, 0.1) is 20.3 Å². The highest BCUT2D eigenvalue weighted by molar-refractivity contribution is 5.85. The predicted molar refractivity (Wildman–Crippen MR) is 110 cm³/mol. The Kier molecular flexibility index (Phi) is 8.14. The summed E-state index contributed by atoms with van der Waals surface area (Å²) in [5, 5.41) is 0. The number of Topliss-reactive ketones (excluding diaryl/α,β-unsaturated/α-hetero) is 1. The van der Waals surface area contributed by atoms with Gasteiger partial charge >= 0.3 is 0 Å². The molecular weight excluding hydrogens is 362 g/mol. The maximum atomic E-state index is 11.5. The monoisotopic (exact) mass is 389 g/mol. The Morgan fingerprint density at radius 2 is 1.93 bits per heavy atom. The van der Waals surface area contributed by atoms with Crippen molar-refractivity contribution in [1.82, 2.24) is 4.90 Å². The van der Waals surface area contributed by atoms with Crippen LogP contribution >= 0.6 is 12.4 Å². The number of likely N-dealkylation sites (tertiary alicyclic amines) is 1. The standard InChI is InChI=1S/C22H27NO3.ClH/c1-23-16-20(24)15-19(23)12-13-26-22-9-4-3-7-18(22)11-10-17-6-5-8-21(14-17)25-2;/h3-9,14,19H,10-13,15-16H2,1-2H3;1H/t19-;/m1./s1. The van der Waals surface area contributed by atoms with Crippen LogP contribution in [0.15, 0.2) is 48.5 Å². The van der Waals surface area contributed by atoms with Crippen molar-refractivity contribution in [2.45, 2.75) is 31.7 Å². The summed E-state index contributed by atoms with van der Waals surface area (Å²) in [4.78, 5) is 13.7. The molecule has 1 aliphatic heterocycles. The summed E-state index contributed by atoms with van der Waals surface area (Å²) in [6, 6.07) is 16.7. The molecular formula is C22H28ClNO3. The molecule has 2 aromatic rings. The highest BCUT2D eigenvalue weighted by Crippen LogP contribution is 2.22. The SMILES string of the molecule is COc1cccc(CCc2ccccc2OCC[C@@H]2CC(=O)CN2C)c1.Cl. The Bertz CT molecular complexity index is 750. The van der Waals surface area contributed by atoms with Gasteiger partial charge < -0.3 is 9.47 Å². The molecule has 3 rings (SSSR count). The lowest BCUT2D eigenvalue weighted by Gasteiger charge is -2.19. The molecule has 0 spiro atoms. The minimum absolute atomic E-state index is 0. The van der Waals surface area contributed by atoms with Crippen molar-refractivity contribution >= 4 is 18.2 Å². The number of hydrogen-bond donors (Lipinski definition) is 0. The van der Waals surface area contributed by atoms with E-state index in [0.717, 1.165) is 30.8 Å². The number of benzene rings is 2. The van der Waals surface area contributed by atoms with Gasteiger partial charge in [-0.1, -0.05) is 30.3 Å². The molecule has 0 aliphatic carbocycles. The molecule has 0 aromatic heterocycles. The van der Waals surface area contributed by atoms with Crippen LogP contribution in [-0.4, -0.2) is 44.0 Å². The minimum Gasteiger partial charge on any atom is -0.497 e. The molecule has 2 aromatic carbocycles. The molecule has 0 unspecified atom stereocenters. The molecule has 27 heavy (non-hydrogen) atoms. The quantitative estimate of drug-likeness (QED) is 0.685.